The van der Waals surface area contributed by atoms with Crippen molar-refractivity contribution in [2.75, 3.05) is 13.6 Å². The Morgan fingerprint density at radius 3 is 2.55 bits per heavy atom. The Balaban J connectivity index is 1.75. The lowest BCUT2D eigenvalue weighted by Gasteiger charge is -2.16. The lowest BCUT2D eigenvalue weighted by atomic mass is 10.1. The molecular weight excluding hydrogens is 276 g/mol. The Morgan fingerprint density at radius 1 is 1.23 bits per heavy atom. The molecule has 4 heteroatoms. The van der Waals surface area contributed by atoms with Crippen LogP contribution < -0.4 is 5.32 Å². The van der Waals surface area contributed by atoms with E-state index < -0.39 is 0 Å². The highest BCUT2D eigenvalue weighted by Gasteiger charge is 2.48. The number of hydrogen-bond acceptors (Lipinski definition) is 2. The maximum atomic E-state index is 12.2. The maximum Gasteiger partial charge on any atom is 0.226 e. The monoisotopic (exact) mass is 302 g/mol. The average Bonchev–Trinajstić information content (AvgIpc) is 3.31. The zero-order valence-electron chi connectivity index (χ0n) is 13.8. The van der Waals surface area contributed by atoms with Gasteiger partial charge in [-0.1, -0.05) is 43.2 Å². The Kier molecular flexibility index (Phi) is 5.58. The molecule has 1 N–H and O–H groups in total. The highest BCUT2D eigenvalue weighted by molar-refractivity contribution is 5.92. The zero-order chi connectivity index (χ0) is 16.1. The molecule has 120 valence electrons. The predicted octanol–water partition coefficient (Wildman–Crippen LogP) is 2.51. The number of nitrogens with one attached hydrogen (secondary N) is 1. The van der Waals surface area contributed by atoms with E-state index in [0.717, 1.165) is 24.9 Å². The Hall–Kier alpha value is -1.84. The van der Waals surface area contributed by atoms with E-state index in [9.17, 15) is 9.59 Å². The number of aryl methyl sites for hydroxylation is 1. The largest absolute Gasteiger partial charge is 0.352 e. The van der Waals surface area contributed by atoms with Crippen LogP contribution in [0.5, 0.6) is 0 Å². The number of amides is 2. The van der Waals surface area contributed by atoms with Gasteiger partial charge >= 0.3 is 0 Å². The molecule has 0 spiro atoms. The first-order chi connectivity index (χ1) is 10.5. The van der Waals surface area contributed by atoms with Crippen LogP contribution in [-0.2, 0) is 16.1 Å². The van der Waals surface area contributed by atoms with E-state index in [2.05, 4.69) is 12.2 Å². The molecule has 0 heterocycles. The van der Waals surface area contributed by atoms with Gasteiger partial charge in [-0.2, -0.15) is 0 Å². The van der Waals surface area contributed by atoms with E-state index >= 15 is 0 Å². The molecule has 22 heavy (non-hydrogen) atoms. The smallest absolute Gasteiger partial charge is 0.226 e. The summed E-state index contributed by atoms with van der Waals surface area (Å²) in [6.45, 7) is 5.46. The van der Waals surface area contributed by atoms with Gasteiger partial charge in [-0.05, 0) is 25.3 Å². The van der Waals surface area contributed by atoms with Crippen molar-refractivity contribution in [3.63, 3.8) is 0 Å². The minimum absolute atomic E-state index is 0.00261. The normalized spacial score (nSPS) is 19.6. The first kappa shape index (κ1) is 16.5. The van der Waals surface area contributed by atoms with Crippen LogP contribution in [0.2, 0.25) is 0 Å². The number of benzene rings is 1. The van der Waals surface area contributed by atoms with Gasteiger partial charge < -0.3 is 10.2 Å². The number of unbranched alkanes of at least 4 members (excludes halogenated alkanes) is 1. The van der Waals surface area contributed by atoms with Crippen LogP contribution in [0.1, 0.15) is 37.3 Å². The van der Waals surface area contributed by atoms with Crippen LogP contribution >= 0.6 is 0 Å². The molecule has 1 saturated carbocycles. The molecule has 2 atom stereocenters. The molecule has 0 bridgehead atoms. The molecular formula is C18H26N2O2. The highest BCUT2D eigenvalue weighted by atomic mass is 16.2. The first-order valence-electron chi connectivity index (χ1n) is 8.11. The Morgan fingerprint density at radius 2 is 1.91 bits per heavy atom. The first-order valence-corrected chi connectivity index (χ1v) is 8.11. The molecule has 0 aliphatic heterocycles. The van der Waals surface area contributed by atoms with E-state index in [1.807, 2.05) is 38.2 Å². The maximum absolute atomic E-state index is 12.2. The third-order valence-corrected chi connectivity index (χ3v) is 4.26. The second-order valence-electron chi connectivity index (χ2n) is 6.27. The summed E-state index contributed by atoms with van der Waals surface area (Å²) in [6.07, 6.45) is 2.77. The van der Waals surface area contributed by atoms with Gasteiger partial charge in [0.1, 0.15) is 0 Å². The summed E-state index contributed by atoms with van der Waals surface area (Å²) in [4.78, 5) is 26.1. The van der Waals surface area contributed by atoms with Crippen molar-refractivity contribution < 1.29 is 9.59 Å². The van der Waals surface area contributed by atoms with Crippen molar-refractivity contribution in [2.24, 2.45) is 11.8 Å². The molecule has 0 saturated heterocycles. The van der Waals surface area contributed by atoms with Crippen LogP contribution in [0.15, 0.2) is 24.3 Å². The van der Waals surface area contributed by atoms with E-state index in [4.69, 9.17) is 0 Å². The van der Waals surface area contributed by atoms with Gasteiger partial charge in [0, 0.05) is 20.1 Å². The van der Waals surface area contributed by atoms with Crippen molar-refractivity contribution in [1.29, 1.82) is 0 Å². The lowest BCUT2D eigenvalue weighted by molar-refractivity contribution is -0.133. The second kappa shape index (κ2) is 7.43. The molecule has 1 aromatic carbocycles. The fourth-order valence-corrected chi connectivity index (χ4v) is 2.57. The number of hydrogen-bond donors (Lipinski definition) is 1. The average molecular weight is 302 g/mol. The van der Waals surface area contributed by atoms with Gasteiger partial charge in [0.2, 0.25) is 11.8 Å². The zero-order valence-corrected chi connectivity index (χ0v) is 13.8. The van der Waals surface area contributed by atoms with E-state index in [1.54, 1.807) is 4.90 Å². The molecule has 1 aliphatic rings. The lowest BCUT2D eigenvalue weighted by Crippen LogP contribution is -2.32. The van der Waals surface area contributed by atoms with E-state index in [1.165, 1.54) is 5.56 Å². The molecule has 0 aromatic heterocycles. The fourth-order valence-electron chi connectivity index (χ4n) is 2.57. The quantitative estimate of drug-likeness (QED) is 0.841. The van der Waals surface area contributed by atoms with Gasteiger partial charge in [0.25, 0.3) is 0 Å². The minimum Gasteiger partial charge on any atom is -0.352 e. The summed E-state index contributed by atoms with van der Waals surface area (Å²) in [5, 5.41) is 2.94. The third-order valence-electron chi connectivity index (χ3n) is 4.26. The SMILES string of the molecule is CCCCN(C)C(=O)C1CC1C(=O)NCc1ccc(C)cc1. The molecule has 0 radical (unpaired) electrons. The van der Waals surface area contributed by atoms with Gasteiger partial charge in [0.15, 0.2) is 0 Å². The summed E-state index contributed by atoms with van der Waals surface area (Å²) in [7, 11) is 1.83. The van der Waals surface area contributed by atoms with Crippen molar-refractivity contribution in [3.8, 4) is 0 Å². The van der Waals surface area contributed by atoms with Gasteiger partial charge in [-0.15, -0.1) is 0 Å². The topological polar surface area (TPSA) is 49.4 Å². The van der Waals surface area contributed by atoms with Crippen LogP contribution in [-0.4, -0.2) is 30.3 Å². The number of nitrogens with zero attached hydrogens (tertiary/aromatic N) is 1. The summed E-state index contributed by atoms with van der Waals surface area (Å²) in [6, 6.07) is 8.11. The number of rotatable bonds is 7. The summed E-state index contributed by atoms with van der Waals surface area (Å²) in [5.41, 5.74) is 2.29. The summed E-state index contributed by atoms with van der Waals surface area (Å²) < 4.78 is 0. The van der Waals surface area contributed by atoms with Crippen LogP contribution in [0, 0.1) is 18.8 Å². The van der Waals surface area contributed by atoms with E-state index in [0.29, 0.717) is 13.0 Å². The predicted molar refractivity (Wildman–Crippen MR) is 87.2 cm³/mol. The van der Waals surface area contributed by atoms with E-state index in [-0.39, 0.29) is 23.7 Å². The van der Waals surface area contributed by atoms with Gasteiger partial charge in [-0.25, -0.2) is 0 Å². The third kappa shape index (κ3) is 4.33. The Labute approximate surface area is 132 Å². The second-order valence-corrected chi connectivity index (χ2v) is 6.27. The van der Waals surface area contributed by atoms with Crippen molar-refractivity contribution in [3.05, 3.63) is 35.4 Å². The molecule has 1 aromatic rings. The molecule has 2 rings (SSSR count). The fraction of sp³-hybridized carbons (Fsp3) is 0.556. The molecule has 2 amide bonds. The standard InChI is InChI=1S/C18H26N2O2/c1-4-5-10-20(3)18(22)16-11-15(16)17(21)19-12-14-8-6-13(2)7-9-14/h6-9,15-16H,4-5,10-12H2,1-3H3,(H,19,21). The van der Waals surface area contributed by atoms with Crippen molar-refractivity contribution in [1.82, 2.24) is 10.2 Å². The number of carbonyl (C=O) groups excluding carboxylic acids is 2. The number of carbonyl (C=O) groups is 2. The highest BCUT2D eigenvalue weighted by Crippen LogP contribution is 2.40. The minimum atomic E-state index is -0.137. The van der Waals surface area contributed by atoms with Crippen molar-refractivity contribution >= 4 is 11.8 Å². The van der Waals surface area contributed by atoms with Crippen LogP contribution in [0.4, 0.5) is 0 Å². The van der Waals surface area contributed by atoms with Gasteiger partial charge in [-0.3, -0.25) is 9.59 Å². The van der Waals surface area contributed by atoms with Crippen molar-refractivity contribution in [2.45, 2.75) is 39.7 Å². The molecule has 1 aliphatic carbocycles. The van der Waals surface area contributed by atoms with Crippen LogP contribution in [0.25, 0.3) is 0 Å². The molecule has 1 fully saturated rings. The van der Waals surface area contributed by atoms with Crippen LogP contribution in [0.3, 0.4) is 0 Å². The molecule has 4 nitrogen and oxygen atoms in total. The Bertz CT molecular complexity index is 524. The van der Waals surface area contributed by atoms with Gasteiger partial charge in [0.05, 0.1) is 11.8 Å². The summed E-state index contributed by atoms with van der Waals surface area (Å²) in [5.74, 6) is -0.131. The summed E-state index contributed by atoms with van der Waals surface area (Å²) >= 11 is 0. The molecule has 2 unspecified atom stereocenters.